The largest absolute Gasteiger partial charge is 0.416 e. The molecule has 2 N–H and O–H groups in total. The molecule has 10 heteroatoms. The summed E-state index contributed by atoms with van der Waals surface area (Å²) in [6, 6.07) is 8.64. The summed E-state index contributed by atoms with van der Waals surface area (Å²) in [6.07, 6.45) is -5.10. The van der Waals surface area contributed by atoms with Crippen molar-refractivity contribution in [3.63, 3.8) is 0 Å². The fraction of sp³-hybridized carbons (Fsp3) is 0.188. The van der Waals surface area contributed by atoms with Crippen LogP contribution in [0.1, 0.15) is 23.6 Å². The lowest BCUT2D eigenvalue weighted by Gasteiger charge is -2.25. The first kappa shape index (κ1) is 18.2. The van der Waals surface area contributed by atoms with Gasteiger partial charge in [-0.05, 0) is 29.8 Å². The molecule has 0 aliphatic carbocycles. The maximum absolute atomic E-state index is 13.0. The van der Waals surface area contributed by atoms with Crippen LogP contribution in [0.4, 0.5) is 18.9 Å². The summed E-state index contributed by atoms with van der Waals surface area (Å²) in [5.41, 5.74) is 0.465. The summed E-state index contributed by atoms with van der Waals surface area (Å²) in [5, 5.41) is 8.76. The Bertz CT molecular complexity index is 960. The van der Waals surface area contributed by atoms with Gasteiger partial charge in [0.15, 0.2) is 0 Å². The summed E-state index contributed by atoms with van der Waals surface area (Å²) in [6.45, 7) is 0. The Morgan fingerprint density at radius 3 is 2.50 bits per heavy atom. The van der Waals surface area contributed by atoms with E-state index in [9.17, 15) is 26.4 Å². The first-order valence-corrected chi connectivity index (χ1v) is 8.84. The number of fused-ring (bicyclic) bond motifs is 1. The lowest BCUT2D eigenvalue weighted by Crippen LogP contribution is -2.32. The van der Waals surface area contributed by atoms with Crippen LogP contribution in [-0.2, 0) is 21.0 Å². The molecule has 138 valence electrons. The Hall–Kier alpha value is -2.59. The number of anilines is 1. The quantitative estimate of drug-likeness (QED) is 0.627. The van der Waals surface area contributed by atoms with E-state index >= 15 is 0 Å². The Morgan fingerprint density at radius 2 is 1.85 bits per heavy atom. The number of carbonyl (C=O) groups excluding carboxylic acids is 1. The van der Waals surface area contributed by atoms with Crippen LogP contribution in [0.3, 0.4) is 0 Å². The van der Waals surface area contributed by atoms with Gasteiger partial charge >= 0.3 is 6.18 Å². The van der Waals surface area contributed by atoms with Crippen LogP contribution in [0.5, 0.6) is 0 Å². The van der Waals surface area contributed by atoms with Crippen molar-refractivity contribution in [1.82, 2.24) is 5.48 Å². The second kappa shape index (κ2) is 6.29. The number of nitrogens with one attached hydrogen (secondary N) is 1. The molecule has 26 heavy (non-hydrogen) atoms. The van der Waals surface area contributed by atoms with Crippen molar-refractivity contribution in [2.24, 2.45) is 0 Å². The van der Waals surface area contributed by atoms with Crippen molar-refractivity contribution in [3.8, 4) is 0 Å². The Balaban J connectivity index is 2.17. The molecule has 3 rings (SSSR count). The van der Waals surface area contributed by atoms with Gasteiger partial charge < -0.3 is 0 Å². The topological polar surface area (TPSA) is 86.7 Å². The zero-order valence-corrected chi connectivity index (χ0v) is 13.9. The number of sulfonamides is 1. The zero-order valence-electron chi connectivity index (χ0n) is 13.1. The Labute approximate surface area is 146 Å². The average Bonchev–Trinajstić information content (AvgIpc) is 2.82. The van der Waals surface area contributed by atoms with Crippen molar-refractivity contribution in [2.45, 2.75) is 23.5 Å². The van der Waals surface area contributed by atoms with E-state index in [1.165, 1.54) is 29.7 Å². The fourth-order valence-electron chi connectivity index (χ4n) is 2.94. The lowest BCUT2D eigenvalue weighted by atomic mass is 10.0. The molecule has 1 aliphatic heterocycles. The third-order valence-electron chi connectivity index (χ3n) is 4.03. The molecule has 1 atom stereocenters. The van der Waals surface area contributed by atoms with Crippen molar-refractivity contribution < 1.29 is 31.6 Å². The minimum Gasteiger partial charge on any atom is -0.289 e. The van der Waals surface area contributed by atoms with Crippen LogP contribution < -0.4 is 9.79 Å². The first-order valence-electron chi connectivity index (χ1n) is 7.40. The molecule has 0 fully saturated rings. The molecule has 1 aliphatic rings. The second-order valence-corrected chi connectivity index (χ2v) is 7.43. The van der Waals surface area contributed by atoms with Crippen molar-refractivity contribution in [1.29, 1.82) is 0 Å². The highest BCUT2D eigenvalue weighted by Crippen LogP contribution is 2.45. The SMILES string of the molecule is O=C(CC1c2ccccc2S(=O)(=O)N1c1cccc(C(F)(F)F)c1)NO. The number of hydrogen-bond donors (Lipinski definition) is 2. The summed E-state index contributed by atoms with van der Waals surface area (Å²) < 4.78 is 65.6. The van der Waals surface area contributed by atoms with E-state index in [-0.39, 0.29) is 16.1 Å². The van der Waals surface area contributed by atoms with Crippen molar-refractivity contribution in [2.75, 3.05) is 4.31 Å². The third-order valence-corrected chi connectivity index (χ3v) is 5.94. The van der Waals surface area contributed by atoms with Crippen LogP contribution in [0.2, 0.25) is 0 Å². The molecule has 1 unspecified atom stereocenters. The van der Waals surface area contributed by atoms with E-state index < -0.39 is 40.1 Å². The van der Waals surface area contributed by atoms with Crippen LogP contribution in [0, 0.1) is 0 Å². The van der Waals surface area contributed by atoms with Gasteiger partial charge in [0.2, 0.25) is 5.91 Å². The van der Waals surface area contributed by atoms with Crippen molar-refractivity contribution >= 4 is 21.6 Å². The van der Waals surface area contributed by atoms with Crippen LogP contribution in [0.15, 0.2) is 53.4 Å². The molecule has 0 aromatic heterocycles. The predicted molar refractivity (Wildman–Crippen MR) is 84.8 cm³/mol. The molecule has 1 heterocycles. The molecule has 2 aromatic rings. The van der Waals surface area contributed by atoms with E-state index in [0.29, 0.717) is 6.07 Å². The molecule has 0 saturated heterocycles. The average molecular weight is 386 g/mol. The molecule has 0 saturated carbocycles. The highest BCUT2D eigenvalue weighted by atomic mass is 32.2. The smallest absolute Gasteiger partial charge is 0.289 e. The predicted octanol–water partition coefficient (Wildman–Crippen LogP) is 2.85. The van der Waals surface area contributed by atoms with E-state index in [0.717, 1.165) is 16.4 Å². The standard InChI is InChI=1S/C16H13F3N2O4S/c17-16(18,19)10-4-3-5-11(8-10)21-13(9-15(22)20-23)12-6-1-2-7-14(12)26(21,24)25/h1-8,13,23H,9H2,(H,20,22). The fourth-order valence-corrected chi connectivity index (χ4v) is 4.82. The van der Waals surface area contributed by atoms with E-state index in [1.807, 2.05) is 0 Å². The molecule has 1 amide bonds. The number of hydroxylamine groups is 1. The van der Waals surface area contributed by atoms with Crippen molar-refractivity contribution in [3.05, 3.63) is 59.7 Å². The number of amides is 1. The van der Waals surface area contributed by atoms with E-state index in [1.54, 1.807) is 6.07 Å². The van der Waals surface area contributed by atoms with Gasteiger partial charge in [0.05, 0.1) is 28.6 Å². The van der Waals surface area contributed by atoms with Gasteiger partial charge in [-0.2, -0.15) is 13.2 Å². The van der Waals surface area contributed by atoms with Gasteiger partial charge in [0.1, 0.15) is 0 Å². The lowest BCUT2D eigenvalue weighted by molar-refractivity contribution is -0.137. The highest BCUT2D eigenvalue weighted by Gasteiger charge is 2.44. The monoisotopic (exact) mass is 386 g/mol. The minimum atomic E-state index is -4.65. The summed E-state index contributed by atoms with van der Waals surface area (Å²) in [7, 11) is -4.16. The molecular weight excluding hydrogens is 373 g/mol. The van der Waals surface area contributed by atoms with Gasteiger partial charge in [-0.15, -0.1) is 0 Å². The number of carbonyl (C=O) groups is 1. The summed E-state index contributed by atoms with van der Waals surface area (Å²) >= 11 is 0. The second-order valence-electron chi connectivity index (χ2n) is 5.64. The number of hydrogen-bond acceptors (Lipinski definition) is 4. The molecule has 6 nitrogen and oxygen atoms in total. The van der Waals surface area contributed by atoms with Crippen LogP contribution in [0.25, 0.3) is 0 Å². The molecular formula is C16H13F3N2O4S. The number of rotatable bonds is 3. The maximum atomic E-state index is 13.0. The van der Waals surface area contributed by atoms with Crippen LogP contribution >= 0.6 is 0 Å². The zero-order chi connectivity index (χ0) is 19.1. The Morgan fingerprint density at radius 1 is 1.15 bits per heavy atom. The maximum Gasteiger partial charge on any atom is 0.416 e. The van der Waals surface area contributed by atoms with Gasteiger partial charge in [0, 0.05) is 0 Å². The number of halogens is 3. The first-order chi connectivity index (χ1) is 12.2. The molecule has 2 aromatic carbocycles. The third kappa shape index (κ3) is 3.01. The van der Waals surface area contributed by atoms with Gasteiger partial charge in [-0.25, -0.2) is 13.9 Å². The van der Waals surface area contributed by atoms with E-state index in [2.05, 4.69) is 0 Å². The minimum absolute atomic E-state index is 0.0897. The summed E-state index contributed by atoms with van der Waals surface area (Å²) in [5.74, 6) is -0.862. The number of alkyl halides is 3. The normalized spacial score (nSPS) is 18.5. The highest BCUT2D eigenvalue weighted by molar-refractivity contribution is 7.93. The number of nitrogens with zero attached hydrogens (tertiary/aromatic N) is 1. The molecule has 0 spiro atoms. The molecule has 0 radical (unpaired) electrons. The molecule has 0 bridgehead atoms. The van der Waals surface area contributed by atoms with E-state index in [4.69, 9.17) is 5.21 Å². The Kier molecular flexibility index (Phi) is 4.41. The number of benzene rings is 2. The van der Waals surface area contributed by atoms with Crippen LogP contribution in [-0.4, -0.2) is 19.5 Å². The van der Waals surface area contributed by atoms with Gasteiger partial charge in [0.25, 0.3) is 10.0 Å². The van der Waals surface area contributed by atoms with Gasteiger partial charge in [-0.1, -0.05) is 24.3 Å². The summed E-state index contributed by atoms with van der Waals surface area (Å²) in [4.78, 5) is 11.5. The van der Waals surface area contributed by atoms with Gasteiger partial charge in [-0.3, -0.25) is 14.3 Å².